The number of hydrogen-bond acceptors (Lipinski definition) is 3. The molecule has 0 aromatic rings. The number of halogens is 1. The Morgan fingerprint density at radius 2 is 2.23 bits per heavy atom. The van der Waals surface area contributed by atoms with Gasteiger partial charge in [0.15, 0.2) is 4.87 Å². The molecule has 0 aliphatic heterocycles. The maximum Gasteiger partial charge on any atom is 0.287 e. The zero-order valence-electron chi connectivity index (χ0n) is 6.99. The molecule has 0 heterocycles. The SMILES string of the molecule is CC1=C(Cl)C=CC(N)(S(=O)(=O)O)C1. The lowest BCUT2D eigenvalue weighted by Crippen LogP contribution is -2.46. The maximum atomic E-state index is 10.9. The molecule has 0 saturated carbocycles. The molecule has 1 aliphatic carbocycles. The zero-order chi connectivity index (χ0) is 10.3. The van der Waals surface area contributed by atoms with Crippen LogP contribution in [0.2, 0.25) is 0 Å². The highest BCUT2D eigenvalue weighted by Crippen LogP contribution is 2.30. The smallest absolute Gasteiger partial charge is 0.287 e. The summed E-state index contributed by atoms with van der Waals surface area (Å²) in [5.41, 5.74) is 6.11. The first-order valence-electron chi connectivity index (χ1n) is 3.57. The lowest BCUT2D eigenvalue weighted by Gasteiger charge is -2.25. The molecule has 0 amide bonds. The highest BCUT2D eigenvalue weighted by molar-refractivity contribution is 7.87. The summed E-state index contributed by atoms with van der Waals surface area (Å²) in [4.78, 5) is -1.73. The molecule has 0 bridgehead atoms. The van der Waals surface area contributed by atoms with Crippen LogP contribution < -0.4 is 5.73 Å². The summed E-state index contributed by atoms with van der Waals surface area (Å²) in [6.45, 7) is 1.67. The van der Waals surface area contributed by atoms with Crippen molar-refractivity contribution in [3.8, 4) is 0 Å². The molecule has 0 radical (unpaired) electrons. The van der Waals surface area contributed by atoms with E-state index < -0.39 is 15.0 Å². The molecule has 1 atom stereocenters. The second-order valence-electron chi connectivity index (χ2n) is 3.07. The molecular formula is C7H10ClNO3S. The summed E-state index contributed by atoms with van der Waals surface area (Å²) in [6.07, 6.45) is 2.59. The predicted octanol–water partition coefficient (Wildman–Crippen LogP) is 1.00. The topological polar surface area (TPSA) is 80.4 Å². The Balaban J connectivity index is 3.12. The minimum Gasteiger partial charge on any atom is -0.307 e. The fraction of sp³-hybridized carbons (Fsp3) is 0.429. The van der Waals surface area contributed by atoms with Crippen LogP contribution in [0.1, 0.15) is 13.3 Å². The highest BCUT2D eigenvalue weighted by Gasteiger charge is 2.38. The van der Waals surface area contributed by atoms with Gasteiger partial charge < -0.3 is 5.73 Å². The van der Waals surface area contributed by atoms with Crippen molar-refractivity contribution < 1.29 is 13.0 Å². The lowest BCUT2D eigenvalue weighted by atomic mass is 10.0. The van der Waals surface area contributed by atoms with E-state index in [0.717, 1.165) is 0 Å². The molecule has 74 valence electrons. The number of allylic oxidation sites excluding steroid dienone is 2. The first kappa shape index (κ1) is 10.7. The van der Waals surface area contributed by atoms with Gasteiger partial charge in [-0.1, -0.05) is 17.2 Å². The molecule has 0 fully saturated rings. The Morgan fingerprint density at radius 1 is 1.69 bits per heavy atom. The van der Waals surface area contributed by atoms with Crippen molar-refractivity contribution in [2.24, 2.45) is 5.73 Å². The first-order valence-corrected chi connectivity index (χ1v) is 5.38. The second kappa shape index (κ2) is 3.09. The third kappa shape index (κ3) is 1.94. The molecule has 4 nitrogen and oxygen atoms in total. The van der Waals surface area contributed by atoms with Gasteiger partial charge in [0.25, 0.3) is 10.1 Å². The van der Waals surface area contributed by atoms with E-state index in [4.69, 9.17) is 21.9 Å². The van der Waals surface area contributed by atoms with Crippen molar-refractivity contribution in [1.29, 1.82) is 0 Å². The van der Waals surface area contributed by atoms with Crippen molar-refractivity contribution in [3.05, 3.63) is 22.8 Å². The van der Waals surface area contributed by atoms with Gasteiger partial charge in [-0.2, -0.15) is 8.42 Å². The second-order valence-corrected chi connectivity index (χ2v) is 5.19. The Hall–Kier alpha value is -0.360. The zero-order valence-corrected chi connectivity index (χ0v) is 8.56. The van der Waals surface area contributed by atoms with Crippen LogP contribution in [-0.4, -0.2) is 17.8 Å². The van der Waals surface area contributed by atoms with Crippen molar-refractivity contribution in [3.63, 3.8) is 0 Å². The van der Waals surface area contributed by atoms with E-state index >= 15 is 0 Å². The molecule has 0 spiro atoms. The van der Waals surface area contributed by atoms with Crippen LogP contribution in [-0.2, 0) is 10.1 Å². The molecule has 0 aromatic carbocycles. The van der Waals surface area contributed by atoms with Gasteiger partial charge in [-0.25, -0.2) is 0 Å². The first-order chi connectivity index (χ1) is 5.76. The van der Waals surface area contributed by atoms with Gasteiger partial charge in [-0.15, -0.1) is 0 Å². The van der Waals surface area contributed by atoms with Crippen molar-refractivity contribution in [1.82, 2.24) is 0 Å². The van der Waals surface area contributed by atoms with Crippen LogP contribution in [0, 0.1) is 0 Å². The van der Waals surface area contributed by atoms with Crippen LogP contribution in [0.4, 0.5) is 0 Å². The van der Waals surface area contributed by atoms with Crippen LogP contribution in [0.15, 0.2) is 22.8 Å². The summed E-state index contributed by atoms with van der Waals surface area (Å²) in [5, 5.41) is 0.463. The largest absolute Gasteiger partial charge is 0.307 e. The van der Waals surface area contributed by atoms with Gasteiger partial charge in [0, 0.05) is 11.5 Å². The Bertz CT molecular complexity index is 385. The monoisotopic (exact) mass is 223 g/mol. The van der Waals surface area contributed by atoms with Gasteiger partial charge in [0.1, 0.15) is 0 Å². The van der Waals surface area contributed by atoms with Crippen LogP contribution in [0.25, 0.3) is 0 Å². The number of rotatable bonds is 1. The summed E-state index contributed by atoms with van der Waals surface area (Å²) in [7, 11) is -4.28. The number of nitrogens with two attached hydrogens (primary N) is 1. The lowest BCUT2D eigenvalue weighted by molar-refractivity contribution is 0.445. The van der Waals surface area contributed by atoms with Gasteiger partial charge in [0.2, 0.25) is 0 Å². The molecule has 6 heteroatoms. The molecule has 1 unspecified atom stereocenters. The average molecular weight is 224 g/mol. The minimum atomic E-state index is -4.28. The fourth-order valence-corrected chi connectivity index (χ4v) is 1.86. The van der Waals surface area contributed by atoms with Crippen LogP contribution >= 0.6 is 11.6 Å². The Labute approximate surface area is 81.8 Å². The summed E-state index contributed by atoms with van der Waals surface area (Å²) in [6, 6.07) is 0. The van der Waals surface area contributed by atoms with Gasteiger partial charge in [0.05, 0.1) is 0 Å². The quantitative estimate of drug-likeness (QED) is 0.650. The van der Waals surface area contributed by atoms with Gasteiger partial charge in [-0.3, -0.25) is 4.55 Å². The van der Waals surface area contributed by atoms with E-state index in [1.807, 2.05) is 0 Å². The molecule has 3 N–H and O–H groups in total. The summed E-state index contributed by atoms with van der Waals surface area (Å²) >= 11 is 5.71. The molecule has 0 aromatic heterocycles. The van der Waals surface area contributed by atoms with Crippen LogP contribution in [0.3, 0.4) is 0 Å². The van der Waals surface area contributed by atoms with E-state index in [9.17, 15) is 8.42 Å². The molecular weight excluding hydrogens is 214 g/mol. The molecule has 13 heavy (non-hydrogen) atoms. The molecule has 0 saturated heterocycles. The third-order valence-corrected chi connectivity index (χ3v) is 3.63. The van der Waals surface area contributed by atoms with E-state index in [2.05, 4.69) is 0 Å². The molecule has 1 aliphatic rings. The Kier molecular flexibility index (Phi) is 2.55. The van der Waals surface area contributed by atoms with E-state index in [-0.39, 0.29) is 6.42 Å². The summed E-state index contributed by atoms with van der Waals surface area (Å²) in [5.74, 6) is 0. The van der Waals surface area contributed by atoms with Crippen LogP contribution in [0.5, 0.6) is 0 Å². The van der Waals surface area contributed by atoms with E-state index in [1.54, 1.807) is 6.92 Å². The van der Waals surface area contributed by atoms with E-state index in [1.165, 1.54) is 12.2 Å². The predicted molar refractivity (Wildman–Crippen MR) is 50.8 cm³/mol. The number of hydrogen-bond donors (Lipinski definition) is 2. The standard InChI is InChI=1S/C7H10ClNO3S/c1-5-4-7(9,13(10,11)12)3-2-6(5)8/h2-3H,4,9H2,1H3,(H,10,11,12). The van der Waals surface area contributed by atoms with Gasteiger partial charge in [-0.05, 0) is 19.1 Å². The third-order valence-electron chi connectivity index (χ3n) is 1.94. The van der Waals surface area contributed by atoms with Crippen molar-refractivity contribution in [2.75, 3.05) is 0 Å². The fourth-order valence-electron chi connectivity index (χ4n) is 1.09. The van der Waals surface area contributed by atoms with Crippen molar-refractivity contribution in [2.45, 2.75) is 18.2 Å². The maximum absolute atomic E-state index is 10.9. The van der Waals surface area contributed by atoms with Crippen molar-refractivity contribution >= 4 is 21.7 Å². The average Bonchev–Trinajstić information content (AvgIpc) is 1.95. The van der Waals surface area contributed by atoms with Gasteiger partial charge >= 0.3 is 0 Å². The van der Waals surface area contributed by atoms with E-state index in [0.29, 0.717) is 10.6 Å². The minimum absolute atomic E-state index is 0.0150. The normalized spacial score (nSPS) is 29.5. The highest BCUT2D eigenvalue weighted by atomic mass is 35.5. The molecule has 1 rings (SSSR count). The Morgan fingerprint density at radius 3 is 2.62 bits per heavy atom. The summed E-state index contributed by atoms with van der Waals surface area (Å²) < 4.78 is 30.6.